The summed E-state index contributed by atoms with van der Waals surface area (Å²) in [4.78, 5) is 116. The van der Waals surface area contributed by atoms with E-state index in [1.807, 2.05) is 20.8 Å². The molecule has 8 amide bonds. The molecule has 1 rings (SSSR count). The van der Waals surface area contributed by atoms with E-state index >= 15 is 0 Å². The van der Waals surface area contributed by atoms with Crippen LogP contribution in [0.15, 0.2) is 24.3 Å². The van der Waals surface area contributed by atoms with Crippen molar-refractivity contribution in [2.45, 2.75) is 116 Å². The number of aliphatic hydroxyl groups is 3. The van der Waals surface area contributed by atoms with Gasteiger partial charge in [0.05, 0.1) is 37.7 Å². The Kier molecular flexibility index (Phi) is 23.4. The minimum Gasteiger partial charge on any atom is -0.460 e. The number of β-amino-alcohol motifs (C(OH)–C–C–N with tert-alkyl or cyclic N) is 1. The monoisotopic (exact) mass is 868 g/mol. The van der Waals surface area contributed by atoms with Gasteiger partial charge in [0, 0.05) is 25.6 Å². The molecule has 13 N–H and O–H groups in total. The largest absolute Gasteiger partial charge is 0.460 e. The lowest BCUT2D eigenvalue weighted by Gasteiger charge is -2.35. The molecule has 22 heteroatoms. The predicted octanol–water partition coefficient (Wildman–Crippen LogP) is -3.96. The van der Waals surface area contributed by atoms with E-state index in [4.69, 9.17) is 20.9 Å². The first-order valence-corrected chi connectivity index (χ1v) is 20.0. The average molecular weight is 869 g/mol. The molecule has 0 aromatic heterocycles. The fraction of sp³-hybridized carbons (Fsp3) is 0.667. The van der Waals surface area contributed by atoms with Gasteiger partial charge in [-0.3, -0.25) is 38.4 Å². The van der Waals surface area contributed by atoms with Gasteiger partial charge >= 0.3 is 5.97 Å². The van der Waals surface area contributed by atoms with Gasteiger partial charge in [-0.1, -0.05) is 66.2 Å². The SMILES string of the molecule is CCC[C@H](C)C1OC(=O)[C@H](C(C)C)NC(=O)C([C@@H](O)C(N)=O)NC(=O)[C@H]([C@@H](C)C(N)=O)NC(=O)CNC(=O)C(CO)NC(=O)C[C@H](O)CNC(=O)/C=C/C=C/C[C@H](OC)[C@@H]1C. The minimum atomic E-state index is -2.40. The Morgan fingerprint density at radius 3 is 2.05 bits per heavy atom. The van der Waals surface area contributed by atoms with Crippen LogP contribution in [-0.2, 0) is 52.6 Å². The first-order chi connectivity index (χ1) is 28.6. The Hall–Kier alpha value is -5.45. The summed E-state index contributed by atoms with van der Waals surface area (Å²) in [6, 6.07) is -7.11. The van der Waals surface area contributed by atoms with Crippen molar-refractivity contribution in [3.8, 4) is 0 Å². The average Bonchev–Trinajstić information content (AvgIpc) is 3.20. The molecule has 3 unspecified atom stereocenters. The van der Waals surface area contributed by atoms with Crippen LogP contribution in [0.2, 0.25) is 0 Å². The summed E-state index contributed by atoms with van der Waals surface area (Å²) in [5.74, 6) is -12.5. The molecule has 0 bridgehead atoms. The number of primary amides is 2. The number of rotatable bonds is 10. The summed E-state index contributed by atoms with van der Waals surface area (Å²) in [6.45, 7) is 7.77. The molecule has 1 aliphatic heterocycles. The van der Waals surface area contributed by atoms with E-state index in [9.17, 15) is 58.5 Å². The second-order valence-corrected chi connectivity index (χ2v) is 15.2. The van der Waals surface area contributed by atoms with Crippen LogP contribution in [-0.4, -0.2) is 144 Å². The number of aliphatic hydroxyl groups excluding tert-OH is 3. The van der Waals surface area contributed by atoms with Crippen molar-refractivity contribution in [3.05, 3.63) is 24.3 Å². The molecule has 11 atom stereocenters. The first kappa shape index (κ1) is 53.6. The number of nitrogens with two attached hydrogens (primary N) is 2. The fourth-order valence-electron chi connectivity index (χ4n) is 6.28. The van der Waals surface area contributed by atoms with Crippen molar-refractivity contribution >= 4 is 53.2 Å². The summed E-state index contributed by atoms with van der Waals surface area (Å²) < 4.78 is 11.8. The second-order valence-electron chi connectivity index (χ2n) is 15.2. The van der Waals surface area contributed by atoms with Crippen LogP contribution in [0.1, 0.15) is 67.2 Å². The van der Waals surface area contributed by atoms with E-state index in [1.165, 1.54) is 19.3 Å². The van der Waals surface area contributed by atoms with E-state index in [0.29, 0.717) is 12.8 Å². The molecule has 0 saturated heterocycles. The molecule has 0 fully saturated rings. The van der Waals surface area contributed by atoms with Gasteiger partial charge in [0.25, 0.3) is 0 Å². The van der Waals surface area contributed by atoms with Gasteiger partial charge in [0.15, 0.2) is 6.10 Å². The molecule has 1 heterocycles. The topological polar surface area (TPSA) is 357 Å². The summed E-state index contributed by atoms with van der Waals surface area (Å²) in [5, 5.41) is 44.1. The maximum Gasteiger partial charge on any atom is 0.329 e. The van der Waals surface area contributed by atoms with Gasteiger partial charge in [-0.15, -0.1) is 0 Å². The lowest BCUT2D eigenvalue weighted by molar-refractivity contribution is -0.163. The van der Waals surface area contributed by atoms with E-state index in [2.05, 4.69) is 31.9 Å². The number of hydrogen-bond donors (Lipinski definition) is 11. The molecule has 0 saturated carbocycles. The van der Waals surface area contributed by atoms with E-state index in [0.717, 1.165) is 13.3 Å². The lowest BCUT2D eigenvalue weighted by Crippen LogP contribution is -2.64. The third-order valence-electron chi connectivity index (χ3n) is 9.97. The molecule has 61 heavy (non-hydrogen) atoms. The molecule has 1 aliphatic rings. The predicted molar refractivity (Wildman–Crippen MR) is 217 cm³/mol. The number of carbonyl (C=O) groups is 9. The van der Waals surface area contributed by atoms with Gasteiger partial charge in [-0.25, -0.2) is 4.79 Å². The number of esters is 1. The maximum atomic E-state index is 13.9. The highest BCUT2D eigenvalue weighted by Crippen LogP contribution is 2.28. The Labute approximate surface area is 354 Å². The Bertz CT molecular complexity index is 1610. The summed E-state index contributed by atoms with van der Waals surface area (Å²) >= 11 is 0. The zero-order valence-electron chi connectivity index (χ0n) is 35.7. The van der Waals surface area contributed by atoms with Crippen LogP contribution in [0, 0.1) is 23.7 Å². The molecule has 0 aromatic rings. The van der Waals surface area contributed by atoms with Crippen LogP contribution >= 0.6 is 0 Å². The van der Waals surface area contributed by atoms with Crippen LogP contribution in [0.25, 0.3) is 0 Å². The number of hydrogen-bond acceptors (Lipinski definition) is 14. The maximum absolute atomic E-state index is 13.9. The van der Waals surface area contributed by atoms with Crippen molar-refractivity contribution in [1.82, 2.24) is 31.9 Å². The summed E-state index contributed by atoms with van der Waals surface area (Å²) in [7, 11) is 1.48. The number of ether oxygens (including phenoxy) is 2. The van der Waals surface area contributed by atoms with Crippen molar-refractivity contribution in [2.75, 3.05) is 26.8 Å². The lowest BCUT2D eigenvalue weighted by atomic mass is 9.85. The molecule has 0 aliphatic carbocycles. The van der Waals surface area contributed by atoms with Gasteiger partial charge in [0.2, 0.25) is 47.3 Å². The van der Waals surface area contributed by atoms with Crippen molar-refractivity contribution in [2.24, 2.45) is 35.1 Å². The van der Waals surface area contributed by atoms with Crippen LogP contribution in [0.3, 0.4) is 0 Å². The highest BCUT2D eigenvalue weighted by molar-refractivity contribution is 5.99. The van der Waals surface area contributed by atoms with E-state index < -0.39 is 139 Å². The zero-order chi connectivity index (χ0) is 46.6. The summed E-state index contributed by atoms with van der Waals surface area (Å²) in [5.41, 5.74) is 10.7. The van der Waals surface area contributed by atoms with E-state index in [1.54, 1.807) is 26.0 Å². The Balaban J connectivity index is 3.69. The van der Waals surface area contributed by atoms with Gasteiger partial charge in [-0.05, 0) is 24.7 Å². The molecule has 22 nitrogen and oxygen atoms in total. The van der Waals surface area contributed by atoms with Crippen LogP contribution in [0.4, 0.5) is 0 Å². The normalized spacial score (nSPS) is 29.1. The highest BCUT2D eigenvalue weighted by Gasteiger charge is 2.41. The third kappa shape index (κ3) is 18.0. The number of allylic oxidation sites excluding steroid dienone is 2. The van der Waals surface area contributed by atoms with Crippen molar-refractivity contribution < 1.29 is 67.9 Å². The molecular formula is C39H64N8O14. The quantitative estimate of drug-likeness (QED) is 0.0934. The van der Waals surface area contributed by atoms with Gasteiger partial charge in [0.1, 0.15) is 30.3 Å². The first-order valence-electron chi connectivity index (χ1n) is 20.0. The second kappa shape index (κ2) is 26.7. The highest BCUT2D eigenvalue weighted by atomic mass is 16.5. The molecular weight excluding hydrogens is 804 g/mol. The molecule has 344 valence electrons. The number of nitrogens with one attached hydrogen (secondary N) is 6. The number of methoxy groups -OCH3 is 1. The third-order valence-corrected chi connectivity index (χ3v) is 9.97. The van der Waals surface area contributed by atoms with E-state index in [-0.39, 0.29) is 12.5 Å². The van der Waals surface area contributed by atoms with Crippen molar-refractivity contribution in [1.29, 1.82) is 0 Å². The minimum absolute atomic E-state index is 0.208. The molecule has 0 aromatic carbocycles. The standard InChI is InChI=1S/C39H64N8O14/c1-8-12-20(4)33-21(5)25(60-7)13-10-9-11-14-26(50)42-16-23(49)15-27(51)44-24(18-48)36(56)43-17-28(52)45-30(22(6)34(40)54)37(57)47-31(32(53)35(41)55)38(58)46-29(19(2)3)39(59)61-33/h9-11,14,19-25,29-33,48-49,53H,8,12-13,15-18H2,1-7H3,(H2,40,54)(H2,41,55)(H,42,50)(H,43,56)(H,44,51)(H,45,52)(H,46,58)(H,47,57)/b10-9+,14-11+/t20-,21-,22+,23-,24?,25-,29-,30-,31?,32+,33?/m0/s1. The summed E-state index contributed by atoms with van der Waals surface area (Å²) in [6.07, 6.45) is 1.94. The Morgan fingerprint density at radius 2 is 1.49 bits per heavy atom. The zero-order valence-corrected chi connectivity index (χ0v) is 35.7. The fourth-order valence-corrected chi connectivity index (χ4v) is 6.28. The number of amides is 8. The number of cyclic esters (lactones) is 1. The van der Waals surface area contributed by atoms with Crippen molar-refractivity contribution in [3.63, 3.8) is 0 Å². The van der Waals surface area contributed by atoms with Gasteiger partial charge in [-0.2, -0.15) is 0 Å². The number of carbonyl (C=O) groups excluding carboxylic acids is 9. The smallest absolute Gasteiger partial charge is 0.329 e. The van der Waals surface area contributed by atoms with Crippen LogP contribution in [0.5, 0.6) is 0 Å². The van der Waals surface area contributed by atoms with Crippen LogP contribution < -0.4 is 43.4 Å². The molecule has 0 radical (unpaired) electrons. The van der Waals surface area contributed by atoms with Gasteiger partial charge < -0.3 is 68.2 Å². The Morgan fingerprint density at radius 1 is 0.869 bits per heavy atom. The molecule has 0 spiro atoms.